The molecule has 0 aromatic heterocycles. The van der Waals surface area contributed by atoms with Crippen molar-refractivity contribution in [2.75, 3.05) is 13.2 Å². The fourth-order valence-corrected chi connectivity index (χ4v) is 3.75. The van der Waals surface area contributed by atoms with E-state index in [9.17, 15) is 0 Å². The van der Waals surface area contributed by atoms with Crippen molar-refractivity contribution in [2.24, 2.45) is 5.73 Å². The first-order chi connectivity index (χ1) is 8.26. The second-order valence-electron chi connectivity index (χ2n) is 6.21. The minimum Gasteiger partial charge on any atom is -0.375 e. The van der Waals surface area contributed by atoms with Crippen LogP contribution in [0.1, 0.15) is 57.8 Å². The summed E-state index contributed by atoms with van der Waals surface area (Å²) in [5.74, 6) is 0. The number of hydrogen-bond acceptors (Lipinski definition) is 3. The van der Waals surface area contributed by atoms with E-state index < -0.39 is 0 Å². The van der Waals surface area contributed by atoms with E-state index in [0.29, 0.717) is 12.6 Å². The molecule has 1 saturated heterocycles. The standard InChI is InChI=1S/C14H25NO2/c15-11-14(5-1-2-6-14)17-12-4-9-16-13(10-12)7-3-8-13/h12H,1-11,15H2. The maximum atomic E-state index is 6.42. The summed E-state index contributed by atoms with van der Waals surface area (Å²) in [6.45, 7) is 1.57. The summed E-state index contributed by atoms with van der Waals surface area (Å²) >= 11 is 0. The molecule has 1 aliphatic heterocycles. The molecule has 3 heteroatoms. The Morgan fingerprint density at radius 2 is 1.88 bits per heavy atom. The van der Waals surface area contributed by atoms with Gasteiger partial charge in [0.15, 0.2) is 0 Å². The summed E-state index contributed by atoms with van der Waals surface area (Å²) in [5.41, 5.74) is 6.14. The van der Waals surface area contributed by atoms with Gasteiger partial charge in [-0.1, -0.05) is 12.8 Å². The lowest BCUT2D eigenvalue weighted by molar-refractivity contribution is -0.195. The predicted octanol–water partition coefficient (Wildman–Crippen LogP) is 2.38. The molecule has 2 saturated carbocycles. The van der Waals surface area contributed by atoms with Crippen LogP contribution in [0.3, 0.4) is 0 Å². The van der Waals surface area contributed by atoms with E-state index >= 15 is 0 Å². The van der Waals surface area contributed by atoms with Gasteiger partial charge in [0.05, 0.1) is 17.3 Å². The summed E-state index contributed by atoms with van der Waals surface area (Å²) < 4.78 is 12.4. The first-order valence-electron chi connectivity index (χ1n) is 7.28. The molecule has 0 radical (unpaired) electrons. The summed E-state index contributed by atoms with van der Waals surface area (Å²) in [6.07, 6.45) is 11.3. The van der Waals surface area contributed by atoms with E-state index in [2.05, 4.69) is 0 Å². The highest BCUT2D eigenvalue weighted by Gasteiger charge is 2.45. The molecule has 1 unspecified atom stereocenters. The van der Waals surface area contributed by atoms with Crippen molar-refractivity contribution in [1.82, 2.24) is 0 Å². The molecule has 0 amide bonds. The fourth-order valence-electron chi connectivity index (χ4n) is 3.75. The van der Waals surface area contributed by atoms with E-state index in [4.69, 9.17) is 15.2 Å². The molecule has 2 N–H and O–H groups in total. The maximum Gasteiger partial charge on any atom is 0.0807 e. The summed E-state index contributed by atoms with van der Waals surface area (Å²) in [6, 6.07) is 0. The van der Waals surface area contributed by atoms with Gasteiger partial charge in [-0.25, -0.2) is 0 Å². The van der Waals surface area contributed by atoms with Crippen LogP contribution >= 0.6 is 0 Å². The minimum absolute atomic E-state index is 0.00689. The average Bonchev–Trinajstić information content (AvgIpc) is 2.77. The van der Waals surface area contributed by atoms with Crippen molar-refractivity contribution in [3.8, 4) is 0 Å². The third-order valence-corrected chi connectivity index (χ3v) is 5.02. The molecule has 0 aromatic carbocycles. The van der Waals surface area contributed by atoms with Gasteiger partial charge in [-0.05, 0) is 38.5 Å². The third kappa shape index (κ3) is 2.25. The van der Waals surface area contributed by atoms with Gasteiger partial charge >= 0.3 is 0 Å². The third-order valence-electron chi connectivity index (χ3n) is 5.02. The molecule has 0 bridgehead atoms. The molecule has 98 valence electrons. The molecule has 3 aliphatic rings. The van der Waals surface area contributed by atoms with Crippen LogP contribution in [-0.4, -0.2) is 30.5 Å². The van der Waals surface area contributed by atoms with E-state index in [0.717, 1.165) is 32.3 Å². The normalized spacial score (nSPS) is 34.8. The van der Waals surface area contributed by atoms with E-state index in [-0.39, 0.29) is 11.2 Å². The van der Waals surface area contributed by atoms with Gasteiger partial charge in [0.25, 0.3) is 0 Å². The molecule has 3 fully saturated rings. The largest absolute Gasteiger partial charge is 0.375 e. The summed E-state index contributed by atoms with van der Waals surface area (Å²) in [4.78, 5) is 0. The number of hydrogen-bond donors (Lipinski definition) is 1. The molecule has 1 heterocycles. The van der Waals surface area contributed by atoms with Gasteiger partial charge in [0, 0.05) is 19.6 Å². The summed E-state index contributed by atoms with van der Waals surface area (Å²) in [5, 5.41) is 0. The highest BCUT2D eigenvalue weighted by atomic mass is 16.5. The van der Waals surface area contributed by atoms with Gasteiger partial charge < -0.3 is 15.2 Å². The zero-order chi connectivity index (χ0) is 11.8. The quantitative estimate of drug-likeness (QED) is 0.822. The first-order valence-corrected chi connectivity index (χ1v) is 7.28. The van der Waals surface area contributed by atoms with Crippen molar-refractivity contribution in [1.29, 1.82) is 0 Å². The van der Waals surface area contributed by atoms with Crippen LogP contribution in [0.4, 0.5) is 0 Å². The molecular weight excluding hydrogens is 214 g/mol. The second kappa shape index (κ2) is 4.52. The Kier molecular flexibility index (Phi) is 3.18. The Balaban J connectivity index is 1.60. The Hall–Kier alpha value is -0.120. The lowest BCUT2D eigenvalue weighted by atomic mass is 9.74. The van der Waals surface area contributed by atoms with Gasteiger partial charge in [0.2, 0.25) is 0 Å². The van der Waals surface area contributed by atoms with Gasteiger partial charge in [-0.2, -0.15) is 0 Å². The van der Waals surface area contributed by atoms with Crippen LogP contribution in [0.5, 0.6) is 0 Å². The van der Waals surface area contributed by atoms with Crippen molar-refractivity contribution in [2.45, 2.75) is 75.1 Å². The molecule has 1 spiro atoms. The second-order valence-corrected chi connectivity index (χ2v) is 6.21. The van der Waals surface area contributed by atoms with E-state index in [1.54, 1.807) is 0 Å². The molecule has 3 nitrogen and oxygen atoms in total. The Bertz CT molecular complexity index is 269. The average molecular weight is 239 g/mol. The van der Waals surface area contributed by atoms with E-state index in [1.807, 2.05) is 0 Å². The van der Waals surface area contributed by atoms with Crippen molar-refractivity contribution in [3.63, 3.8) is 0 Å². The van der Waals surface area contributed by atoms with Crippen molar-refractivity contribution < 1.29 is 9.47 Å². The highest BCUT2D eigenvalue weighted by Crippen LogP contribution is 2.44. The lowest BCUT2D eigenvalue weighted by Gasteiger charge is -2.48. The van der Waals surface area contributed by atoms with Crippen molar-refractivity contribution >= 4 is 0 Å². The topological polar surface area (TPSA) is 44.5 Å². The van der Waals surface area contributed by atoms with Crippen LogP contribution in [0, 0.1) is 0 Å². The first kappa shape index (κ1) is 11.9. The predicted molar refractivity (Wildman–Crippen MR) is 66.9 cm³/mol. The van der Waals surface area contributed by atoms with Gasteiger partial charge in [0.1, 0.15) is 0 Å². The lowest BCUT2D eigenvalue weighted by Crippen LogP contribution is -2.51. The van der Waals surface area contributed by atoms with Gasteiger partial charge in [-0.3, -0.25) is 0 Å². The minimum atomic E-state index is 0.00689. The Morgan fingerprint density at radius 3 is 2.47 bits per heavy atom. The molecule has 0 aromatic rings. The van der Waals surface area contributed by atoms with E-state index in [1.165, 1.54) is 32.1 Å². The molecule has 17 heavy (non-hydrogen) atoms. The molecule has 2 aliphatic carbocycles. The monoisotopic (exact) mass is 239 g/mol. The van der Waals surface area contributed by atoms with Gasteiger partial charge in [-0.15, -0.1) is 0 Å². The highest BCUT2D eigenvalue weighted by molar-refractivity contribution is 4.96. The summed E-state index contributed by atoms with van der Waals surface area (Å²) in [7, 11) is 0. The van der Waals surface area contributed by atoms with Crippen molar-refractivity contribution in [3.05, 3.63) is 0 Å². The van der Waals surface area contributed by atoms with Crippen LogP contribution in [0.2, 0.25) is 0 Å². The van der Waals surface area contributed by atoms with Crippen LogP contribution in [0.25, 0.3) is 0 Å². The molecule has 3 rings (SSSR count). The fraction of sp³-hybridized carbons (Fsp3) is 1.00. The van der Waals surface area contributed by atoms with Crippen LogP contribution < -0.4 is 5.73 Å². The number of rotatable bonds is 3. The van der Waals surface area contributed by atoms with Crippen LogP contribution in [0.15, 0.2) is 0 Å². The maximum absolute atomic E-state index is 6.42. The van der Waals surface area contributed by atoms with Crippen LogP contribution in [-0.2, 0) is 9.47 Å². The molecule has 1 atom stereocenters. The zero-order valence-electron chi connectivity index (χ0n) is 10.7. The Morgan fingerprint density at radius 1 is 1.12 bits per heavy atom. The number of ether oxygens (including phenoxy) is 2. The number of nitrogens with two attached hydrogens (primary N) is 1. The molecular formula is C14H25NO2. The smallest absolute Gasteiger partial charge is 0.0807 e. The SMILES string of the molecule is NCC1(OC2CCOC3(CCC3)C2)CCCC1. The zero-order valence-corrected chi connectivity index (χ0v) is 10.7. The Labute approximate surface area is 104 Å².